The molecule has 3 amide bonds. The quantitative estimate of drug-likeness (QED) is 0.648. The molecule has 0 saturated carbocycles. The molecule has 2 atom stereocenters. The van der Waals surface area contributed by atoms with E-state index < -0.39 is 12.2 Å². The van der Waals surface area contributed by atoms with E-state index in [0.29, 0.717) is 28.9 Å². The number of hydrogen-bond acceptors (Lipinski definition) is 5. The molecule has 2 aliphatic rings. The largest absolute Gasteiger partial charge is 0.327 e. The maximum atomic E-state index is 13.2. The van der Waals surface area contributed by atoms with Gasteiger partial charge in [0.15, 0.2) is 11.9 Å². The maximum absolute atomic E-state index is 13.2. The Kier molecular flexibility index (Phi) is 4.25. The Hall–Kier alpha value is -3.39. The molecule has 152 valence electrons. The molecule has 9 heteroatoms. The number of benzene rings is 2. The van der Waals surface area contributed by atoms with E-state index >= 15 is 0 Å². The van der Waals surface area contributed by atoms with Crippen LogP contribution >= 0.6 is 11.6 Å². The molecule has 2 aromatic carbocycles. The van der Waals surface area contributed by atoms with Crippen LogP contribution in [0, 0.1) is 0 Å². The average Bonchev–Trinajstić information content (AvgIpc) is 3.31. The van der Waals surface area contributed by atoms with Gasteiger partial charge in [-0.15, -0.1) is 10.2 Å². The highest BCUT2D eigenvalue weighted by molar-refractivity contribution is 6.33. The van der Waals surface area contributed by atoms with Gasteiger partial charge in [0.25, 0.3) is 5.91 Å². The first-order valence-corrected chi connectivity index (χ1v) is 9.91. The predicted molar refractivity (Wildman–Crippen MR) is 112 cm³/mol. The molecule has 0 bridgehead atoms. The second kappa shape index (κ2) is 6.84. The third-order valence-corrected chi connectivity index (χ3v) is 6.03. The van der Waals surface area contributed by atoms with Crippen LogP contribution in [0.15, 0.2) is 54.6 Å². The van der Waals surface area contributed by atoms with Crippen LogP contribution in [0.4, 0.5) is 10.7 Å². The molecule has 1 saturated heterocycles. The van der Waals surface area contributed by atoms with Crippen molar-refractivity contribution in [3.8, 4) is 11.4 Å². The van der Waals surface area contributed by atoms with Crippen molar-refractivity contribution in [2.75, 3.05) is 19.0 Å². The highest BCUT2D eigenvalue weighted by atomic mass is 35.5. The molecular formula is C21H19ClN6O2. The number of carbonyl (C=O) groups is 2. The van der Waals surface area contributed by atoms with E-state index in [-0.39, 0.29) is 11.9 Å². The standard InChI is InChI=1S/C21H19ClN6O2/c1-25-18-16(19(29)26(2)21(25)30)27(12-13-8-4-3-5-9-13)20-24-23-17(28(18)20)14-10-6-7-11-15(14)22/h3-11,16,18H,12H2,1-2H3. The lowest BCUT2D eigenvalue weighted by Gasteiger charge is -2.40. The molecule has 8 nitrogen and oxygen atoms in total. The number of aromatic nitrogens is 3. The number of imide groups is 1. The first-order chi connectivity index (χ1) is 14.5. The molecule has 0 spiro atoms. The van der Waals surface area contributed by atoms with Crippen molar-refractivity contribution < 1.29 is 9.59 Å². The Morgan fingerprint density at radius 1 is 0.967 bits per heavy atom. The van der Waals surface area contributed by atoms with Gasteiger partial charge in [-0.05, 0) is 17.7 Å². The van der Waals surface area contributed by atoms with Crippen molar-refractivity contribution in [2.45, 2.75) is 18.8 Å². The number of anilines is 1. The third kappa shape index (κ3) is 2.60. The van der Waals surface area contributed by atoms with E-state index in [1.165, 1.54) is 7.05 Å². The van der Waals surface area contributed by atoms with Crippen molar-refractivity contribution in [1.29, 1.82) is 0 Å². The molecule has 0 aliphatic carbocycles. The zero-order valence-electron chi connectivity index (χ0n) is 16.4. The number of nitrogens with zero attached hydrogens (tertiary/aromatic N) is 6. The van der Waals surface area contributed by atoms with Crippen LogP contribution in [0.2, 0.25) is 5.02 Å². The zero-order valence-corrected chi connectivity index (χ0v) is 17.2. The van der Waals surface area contributed by atoms with Crippen molar-refractivity contribution in [3.05, 3.63) is 65.2 Å². The maximum Gasteiger partial charge on any atom is 0.327 e. The van der Waals surface area contributed by atoms with Crippen LogP contribution in [0.25, 0.3) is 11.4 Å². The van der Waals surface area contributed by atoms with Crippen LogP contribution in [0.3, 0.4) is 0 Å². The van der Waals surface area contributed by atoms with Crippen molar-refractivity contribution in [1.82, 2.24) is 24.6 Å². The van der Waals surface area contributed by atoms with Crippen LogP contribution in [-0.2, 0) is 11.3 Å². The van der Waals surface area contributed by atoms with Gasteiger partial charge in [0.2, 0.25) is 5.95 Å². The lowest BCUT2D eigenvalue weighted by atomic mass is 10.1. The van der Waals surface area contributed by atoms with Gasteiger partial charge in [-0.2, -0.15) is 0 Å². The summed E-state index contributed by atoms with van der Waals surface area (Å²) in [5.74, 6) is 0.792. The number of likely N-dealkylation sites (N-methyl/N-ethyl adjacent to an activating group) is 2. The average molecular weight is 423 g/mol. The molecule has 0 radical (unpaired) electrons. The van der Waals surface area contributed by atoms with Gasteiger partial charge in [-0.25, -0.2) is 4.79 Å². The Bertz CT molecular complexity index is 1150. The van der Waals surface area contributed by atoms with Crippen molar-refractivity contribution in [3.63, 3.8) is 0 Å². The summed E-state index contributed by atoms with van der Waals surface area (Å²) in [6.07, 6.45) is -0.568. The Labute approximate surface area is 178 Å². The lowest BCUT2D eigenvalue weighted by Crippen LogP contribution is -2.61. The fraction of sp³-hybridized carbons (Fsp3) is 0.238. The minimum Gasteiger partial charge on any atom is -0.321 e. The minimum absolute atomic E-state index is 0.269. The smallest absolute Gasteiger partial charge is 0.321 e. The topological polar surface area (TPSA) is 74.6 Å². The van der Waals surface area contributed by atoms with E-state index in [2.05, 4.69) is 10.2 Å². The number of fused-ring (bicyclic) bond motifs is 3. The van der Waals surface area contributed by atoms with E-state index in [1.54, 1.807) is 18.0 Å². The number of amides is 3. The molecule has 0 N–H and O–H groups in total. The summed E-state index contributed by atoms with van der Waals surface area (Å²) >= 11 is 6.43. The fourth-order valence-corrected chi connectivity index (χ4v) is 4.43. The third-order valence-electron chi connectivity index (χ3n) is 5.70. The summed E-state index contributed by atoms with van der Waals surface area (Å²) < 4.78 is 1.84. The van der Waals surface area contributed by atoms with Gasteiger partial charge in [0.05, 0.1) is 5.02 Å². The highest BCUT2D eigenvalue weighted by Crippen LogP contribution is 2.43. The highest BCUT2D eigenvalue weighted by Gasteiger charge is 2.54. The van der Waals surface area contributed by atoms with Gasteiger partial charge in [0.1, 0.15) is 6.17 Å². The minimum atomic E-state index is -0.607. The molecule has 5 rings (SSSR count). The van der Waals surface area contributed by atoms with Crippen LogP contribution in [-0.4, -0.2) is 56.6 Å². The molecule has 3 heterocycles. The molecule has 30 heavy (non-hydrogen) atoms. The second-order valence-corrected chi connectivity index (χ2v) is 7.84. The summed E-state index contributed by atoms with van der Waals surface area (Å²) in [7, 11) is 3.20. The van der Waals surface area contributed by atoms with E-state index in [0.717, 1.165) is 10.5 Å². The number of rotatable bonds is 3. The normalized spacial score (nSPS) is 20.6. The monoisotopic (exact) mass is 422 g/mol. The van der Waals surface area contributed by atoms with Gasteiger partial charge in [-0.3, -0.25) is 14.3 Å². The fourth-order valence-electron chi connectivity index (χ4n) is 4.21. The van der Waals surface area contributed by atoms with E-state index in [9.17, 15) is 9.59 Å². The molecule has 1 fully saturated rings. The van der Waals surface area contributed by atoms with Gasteiger partial charge in [0, 0.05) is 26.2 Å². The van der Waals surface area contributed by atoms with E-state index in [1.807, 2.05) is 58.0 Å². The summed E-state index contributed by atoms with van der Waals surface area (Å²) in [5.41, 5.74) is 1.73. The number of hydrogen-bond donors (Lipinski definition) is 0. The second-order valence-electron chi connectivity index (χ2n) is 7.44. The summed E-state index contributed by atoms with van der Waals surface area (Å²) in [4.78, 5) is 30.5. The molecule has 2 aliphatic heterocycles. The summed E-state index contributed by atoms with van der Waals surface area (Å²) in [6.45, 7) is 0.463. The number of halogens is 1. The van der Waals surface area contributed by atoms with Crippen molar-refractivity contribution in [2.24, 2.45) is 0 Å². The Balaban J connectivity index is 1.68. The summed E-state index contributed by atoms with van der Waals surface area (Å²) in [5, 5.41) is 9.31. The number of urea groups is 1. The van der Waals surface area contributed by atoms with Gasteiger partial charge in [-0.1, -0.05) is 54.1 Å². The first-order valence-electron chi connectivity index (χ1n) is 9.53. The van der Waals surface area contributed by atoms with Crippen molar-refractivity contribution >= 4 is 29.5 Å². The van der Waals surface area contributed by atoms with Crippen LogP contribution in [0.1, 0.15) is 11.7 Å². The van der Waals surface area contributed by atoms with Crippen LogP contribution < -0.4 is 4.90 Å². The van der Waals surface area contributed by atoms with E-state index in [4.69, 9.17) is 11.6 Å². The van der Waals surface area contributed by atoms with Gasteiger partial charge < -0.3 is 9.80 Å². The first kappa shape index (κ1) is 18.6. The van der Waals surface area contributed by atoms with Crippen LogP contribution in [0.5, 0.6) is 0 Å². The number of carbonyl (C=O) groups excluding carboxylic acids is 2. The molecular weight excluding hydrogens is 404 g/mol. The Morgan fingerprint density at radius 3 is 2.40 bits per heavy atom. The van der Waals surface area contributed by atoms with Gasteiger partial charge >= 0.3 is 6.03 Å². The zero-order chi connectivity index (χ0) is 21.0. The molecule has 1 aromatic heterocycles. The SMILES string of the molecule is CN1C(=O)C2C(N(C)C1=O)n1c(-c3ccccc3Cl)nnc1N2Cc1ccccc1. The Morgan fingerprint density at radius 2 is 1.67 bits per heavy atom. The lowest BCUT2D eigenvalue weighted by molar-refractivity contribution is -0.133. The predicted octanol–water partition coefficient (Wildman–Crippen LogP) is 3.01. The molecule has 3 aromatic rings. The molecule has 2 unspecified atom stereocenters. The summed E-state index contributed by atoms with van der Waals surface area (Å²) in [6, 6.07) is 16.2.